The Bertz CT molecular complexity index is 96.7. The van der Waals surface area contributed by atoms with E-state index in [4.69, 9.17) is 8.42 Å². The molecule has 0 amide bonds. The maximum atomic E-state index is 10.4. The third-order valence-electron chi connectivity index (χ3n) is 0. The van der Waals surface area contributed by atoms with Crippen molar-refractivity contribution in [3.05, 3.63) is 0 Å². The molecule has 0 bridgehead atoms. The van der Waals surface area contributed by atoms with Crippen LogP contribution in [0.1, 0.15) is 0 Å². The molecule has 0 aromatic rings. The van der Waals surface area contributed by atoms with Crippen LogP contribution in [0.4, 0.5) is 3.89 Å². The van der Waals surface area contributed by atoms with E-state index in [1.807, 2.05) is 0 Å². The summed E-state index contributed by atoms with van der Waals surface area (Å²) >= 11 is 0. The normalized spacial score (nSPS) is 9.67. The summed E-state index contributed by atoms with van der Waals surface area (Å²) in [6.45, 7) is 0. The van der Waals surface area contributed by atoms with Gasteiger partial charge in [0.25, 0.3) is 0 Å². The standard InChI is InChI=1S/ClFO2S.Rf/c1-5(2,3)4;. The molecule has 0 saturated heterocycles. The molecule has 0 rings (SSSR count). The van der Waals surface area contributed by atoms with Crippen LogP contribution in [0.5, 0.6) is 0 Å². The third-order valence-corrected chi connectivity index (χ3v) is 0. The van der Waals surface area contributed by atoms with Crippen LogP contribution in [-0.4, -0.2) is 8.42 Å². The molecule has 0 aliphatic carbocycles. The van der Waals surface area contributed by atoms with Crippen molar-refractivity contribution in [1.29, 1.82) is 0 Å². The number of rotatable bonds is 0. The van der Waals surface area contributed by atoms with Crippen LogP contribution in [0.15, 0.2) is 0 Å². The molecule has 0 fully saturated rings. The number of hydrogen-bond acceptors (Lipinski definition) is 2. The van der Waals surface area contributed by atoms with Crippen molar-refractivity contribution < 1.29 is 12.3 Å². The quantitative estimate of drug-likeness (QED) is 0.567. The first-order valence-electron chi connectivity index (χ1n) is 0.642. The zero-order valence-corrected chi connectivity index (χ0v) is 10.7. The fourth-order valence-corrected chi connectivity index (χ4v) is 0. The average Bonchev–Trinajstić information content (AvgIpc) is 0.722. The summed E-state index contributed by atoms with van der Waals surface area (Å²) in [6.07, 6.45) is 0. The van der Waals surface area contributed by atoms with Crippen molar-refractivity contribution in [2.75, 3.05) is 0 Å². The molecule has 0 N–H and O–H groups in total. The van der Waals surface area contributed by atoms with E-state index in [0.717, 1.165) is 0 Å². The Morgan fingerprint density at radius 1 is 1.50 bits per heavy atom. The van der Waals surface area contributed by atoms with Gasteiger partial charge < -0.3 is 0 Å². The molecule has 0 aliphatic heterocycles. The average molecular weight is 386 g/mol. The summed E-state index contributed by atoms with van der Waals surface area (Å²) in [7, 11) is -0.859. The molecule has 0 aromatic carbocycles. The van der Waals surface area contributed by atoms with Crippen molar-refractivity contribution in [2.45, 2.75) is 0 Å². The molecule has 0 atom stereocenters. The molecule has 0 heterocycles. The van der Waals surface area contributed by atoms with Crippen LogP contribution in [0, 0.1) is 0 Å². The smallest absolute Gasteiger partial charge is 0.177 e. The molecular weight excluding hydrogens is 386 g/mol. The molecule has 6 heavy (non-hydrogen) atoms. The van der Waals surface area contributed by atoms with Gasteiger partial charge in [-0.3, -0.25) is 0 Å². The van der Waals surface area contributed by atoms with Crippen molar-refractivity contribution in [1.82, 2.24) is 0 Å². The predicted molar refractivity (Wildman–Crippen MR) is 15.9 cm³/mol. The number of halogens is 2. The minimum atomic E-state index is -4.69. The second-order valence-electron chi connectivity index (χ2n) is 0.378. The maximum Gasteiger partial charge on any atom is 0.391 e. The molecule has 6 heteroatoms. The largest absolute Gasteiger partial charge is 0.391 e. The summed E-state index contributed by atoms with van der Waals surface area (Å²) < 4.78 is 27.9. The first kappa shape index (κ1) is 8.95. The Morgan fingerprint density at radius 2 is 1.50 bits per heavy atom. The molecular formula is ClFO2RfS. The molecule has 0 saturated carbocycles. The molecule has 34 valence electrons. The van der Waals surface area contributed by atoms with Gasteiger partial charge in [0, 0.05) is 0 Å². The second kappa shape index (κ2) is 1.57. The van der Waals surface area contributed by atoms with Gasteiger partial charge in [-0.25, -0.2) is 0 Å². The Balaban J connectivity index is 0. The van der Waals surface area contributed by atoms with E-state index in [-0.39, 0.29) is 0 Å². The Kier molecular flexibility index (Phi) is 2.34. The SMILES string of the molecule is O=S(=O)(F)Cl.[Rf]. The molecule has 2 nitrogen and oxygen atoms in total. The summed E-state index contributed by atoms with van der Waals surface area (Å²) in [5.41, 5.74) is 0. The van der Waals surface area contributed by atoms with Crippen LogP contribution >= 0.6 is 10.7 Å². The summed E-state index contributed by atoms with van der Waals surface area (Å²) in [5, 5.41) is 0. The van der Waals surface area contributed by atoms with E-state index in [1.54, 1.807) is 0 Å². The van der Waals surface area contributed by atoms with E-state index in [9.17, 15) is 3.89 Å². The Labute approximate surface area is 33.3 Å². The van der Waals surface area contributed by atoms with E-state index in [1.165, 1.54) is 0 Å². The van der Waals surface area contributed by atoms with Gasteiger partial charge >= 0.3 is 9.44 Å². The van der Waals surface area contributed by atoms with Crippen molar-refractivity contribution in [3.63, 3.8) is 0 Å². The van der Waals surface area contributed by atoms with Gasteiger partial charge in [0.1, 0.15) is 0 Å². The molecule has 0 aromatic heterocycles. The fraction of sp³-hybridized carbons (Fsp3) is 0. The van der Waals surface area contributed by atoms with Gasteiger partial charge in [-0.05, 0) is 0 Å². The second-order valence-corrected chi connectivity index (χ2v) is 2.24. The van der Waals surface area contributed by atoms with E-state index >= 15 is 0 Å². The van der Waals surface area contributed by atoms with Crippen LogP contribution in [0.25, 0.3) is 0 Å². The minimum Gasteiger partial charge on any atom is -0.177 e. The Morgan fingerprint density at radius 3 is 1.50 bits per heavy atom. The van der Waals surface area contributed by atoms with Crippen molar-refractivity contribution in [3.8, 4) is 0 Å². The van der Waals surface area contributed by atoms with Crippen molar-refractivity contribution in [2.24, 2.45) is 0 Å². The van der Waals surface area contributed by atoms with E-state index in [0.29, 0.717) is 0 Å². The van der Waals surface area contributed by atoms with Crippen LogP contribution in [0.3, 0.4) is 0 Å². The topological polar surface area (TPSA) is 34.1 Å². The summed E-state index contributed by atoms with van der Waals surface area (Å²) in [5.74, 6) is 0. The Hall–Kier alpha value is -0.830. The first-order valence-corrected chi connectivity index (χ1v) is 2.85. The summed E-state index contributed by atoms with van der Waals surface area (Å²) in [4.78, 5) is 0. The van der Waals surface area contributed by atoms with Gasteiger partial charge in [-0.1, -0.05) is 3.89 Å². The minimum absolute atomic E-state index is 0. The van der Waals surface area contributed by atoms with E-state index in [2.05, 4.69) is 10.7 Å². The van der Waals surface area contributed by atoms with Gasteiger partial charge in [-0.2, -0.15) is 8.42 Å². The van der Waals surface area contributed by atoms with Crippen LogP contribution < -0.4 is 0 Å². The molecule has 0 radical (unpaired) electrons. The first-order chi connectivity index (χ1) is 2.00. The monoisotopic (exact) mass is 385 g/mol. The zero-order valence-electron chi connectivity index (χ0n) is 2.69. The molecule has 0 spiro atoms. The van der Waals surface area contributed by atoms with Gasteiger partial charge in [0.2, 0.25) is 0 Å². The maximum absolute atomic E-state index is 10.4. The van der Waals surface area contributed by atoms with Crippen molar-refractivity contribution >= 4 is 20.1 Å². The van der Waals surface area contributed by atoms with Gasteiger partial charge in [-0.15, -0.1) is 0 Å². The third kappa shape index (κ3) is 21.7. The van der Waals surface area contributed by atoms with Crippen LogP contribution in [-0.2, 0) is 9.44 Å². The van der Waals surface area contributed by atoms with Gasteiger partial charge in [0.15, 0.2) is 0 Å². The number of hydrogen-bond donors (Lipinski definition) is 0. The van der Waals surface area contributed by atoms with E-state index < -0.39 is 9.44 Å². The fourth-order valence-electron chi connectivity index (χ4n) is 0. The molecule has 0 unspecified atom stereocenters. The summed E-state index contributed by atoms with van der Waals surface area (Å²) in [6, 6.07) is 0. The molecule has 0 aliphatic rings. The van der Waals surface area contributed by atoms with Gasteiger partial charge in [0.05, 0.1) is 10.7 Å². The predicted octanol–water partition coefficient (Wildman–Crippen LogP) is 0.440. The van der Waals surface area contributed by atoms with Crippen LogP contribution in [0.2, 0.25) is 0 Å². The zero-order chi connectivity index (χ0) is 4.50.